The Balaban J connectivity index is 1.74. The molecular weight excluding hydrogens is 416 g/mol. The molecule has 1 amide bonds. The number of hydrogen-bond acceptors (Lipinski definition) is 5. The van der Waals surface area contributed by atoms with Gasteiger partial charge in [0.1, 0.15) is 5.69 Å². The van der Waals surface area contributed by atoms with Crippen LogP contribution in [0.3, 0.4) is 0 Å². The van der Waals surface area contributed by atoms with Gasteiger partial charge in [0.15, 0.2) is 5.75 Å². The molecule has 0 radical (unpaired) electrons. The predicted molar refractivity (Wildman–Crippen MR) is 118 cm³/mol. The van der Waals surface area contributed by atoms with E-state index in [2.05, 4.69) is 20.9 Å². The van der Waals surface area contributed by atoms with Gasteiger partial charge in [-0.3, -0.25) is 4.98 Å². The highest BCUT2D eigenvalue weighted by molar-refractivity contribution is 6.32. The number of hydrogen-bond donors (Lipinski definition) is 1. The molecule has 2 heterocycles. The maximum Gasteiger partial charge on any atom is 0.407 e. The van der Waals surface area contributed by atoms with Crippen molar-refractivity contribution in [1.82, 2.24) is 14.9 Å². The molecule has 0 spiro atoms. The Labute approximate surface area is 185 Å². The number of aromatic nitrogens is 2. The summed E-state index contributed by atoms with van der Waals surface area (Å²) in [5.41, 5.74) is 4.55. The van der Waals surface area contributed by atoms with Gasteiger partial charge in [-0.15, -0.1) is 0 Å². The summed E-state index contributed by atoms with van der Waals surface area (Å²) in [6.45, 7) is 4.10. The van der Waals surface area contributed by atoms with E-state index in [1.165, 1.54) is 0 Å². The molecule has 8 heteroatoms. The number of carbonyl (C=O) groups excluding carboxylic acids is 1. The molecule has 31 heavy (non-hydrogen) atoms. The molecule has 0 bridgehead atoms. The van der Waals surface area contributed by atoms with Crippen LogP contribution >= 0.6 is 11.6 Å². The second-order valence-electron chi connectivity index (χ2n) is 7.83. The first kappa shape index (κ1) is 21.0. The highest BCUT2D eigenvalue weighted by atomic mass is 35.5. The first-order valence-electron chi connectivity index (χ1n) is 10.1. The number of rotatable bonds is 5. The first-order chi connectivity index (χ1) is 14.9. The van der Waals surface area contributed by atoms with Gasteiger partial charge < -0.3 is 19.4 Å². The van der Waals surface area contributed by atoms with E-state index in [4.69, 9.17) is 21.1 Å². The van der Waals surface area contributed by atoms with Crippen molar-refractivity contribution in [3.05, 3.63) is 58.0 Å². The lowest BCUT2D eigenvalue weighted by Crippen LogP contribution is -2.37. The molecule has 160 valence electrons. The van der Waals surface area contributed by atoms with E-state index in [0.29, 0.717) is 35.7 Å². The van der Waals surface area contributed by atoms with Gasteiger partial charge in [-0.2, -0.15) is 5.26 Å². The van der Waals surface area contributed by atoms with Crippen molar-refractivity contribution in [2.45, 2.75) is 45.4 Å². The number of alkyl carbamates (subject to hydrolysis) is 1. The minimum absolute atomic E-state index is 0.0770. The molecule has 1 atom stereocenters. The molecule has 7 nitrogen and oxygen atoms in total. The van der Waals surface area contributed by atoms with E-state index >= 15 is 0 Å². The van der Waals surface area contributed by atoms with Crippen molar-refractivity contribution < 1.29 is 14.3 Å². The topological polar surface area (TPSA) is 89.2 Å². The molecule has 0 aliphatic heterocycles. The van der Waals surface area contributed by atoms with Gasteiger partial charge >= 0.3 is 6.09 Å². The van der Waals surface area contributed by atoms with Crippen LogP contribution in [0.4, 0.5) is 4.79 Å². The second-order valence-corrected chi connectivity index (χ2v) is 8.24. The zero-order valence-corrected chi connectivity index (χ0v) is 18.4. The van der Waals surface area contributed by atoms with Crippen molar-refractivity contribution in [2.24, 2.45) is 0 Å². The third-order valence-electron chi connectivity index (χ3n) is 5.41. The van der Waals surface area contributed by atoms with E-state index in [9.17, 15) is 10.1 Å². The highest BCUT2D eigenvalue weighted by Gasteiger charge is 2.30. The molecular formula is C23H23ClN4O3. The molecule has 0 fully saturated rings. The van der Waals surface area contributed by atoms with Gasteiger partial charge in [0.25, 0.3) is 0 Å². The summed E-state index contributed by atoms with van der Waals surface area (Å²) in [6.07, 6.45) is 2.38. The summed E-state index contributed by atoms with van der Waals surface area (Å²) in [5, 5.41) is 13.8. The maximum absolute atomic E-state index is 12.1. The molecule has 1 N–H and O–H groups in total. The summed E-state index contributed by atoms with van der Waals surface area (Å²) in [6, 6.07) is 9.50. The number of pyridine rings is 1. The highest BCUT2D eigenvalue weighted by Crippen LogP contribution is 2.36. The van der Waals surface area contributed by atoms with Crippen LogP contribution in [0.1, 0.15) is 36.4 Å². The van der Waals surface area contributed by atoms with E-state index in [0.717, 1.165) is 27.9 Å². The Kier molecular flexibility index (Phi) is 5.75. The van der Waals surface area contributed by atoms with Crippen LogP contribution in [0, 0.1) is 11.3 Å². The zero-order chi connectivity index (χ0) is 22.1. The first-order valence-corrected chi connectivity index (χ1v) is 10.5. The molecule has 1 aromatic carbocycles. The number of nitriles is 1. The van der Waals surface area contributed by atoms with Crippen LogP contribution in [0.25, 0.3) is 10.9 Å². The average Bonchev–Trinajstić information content (AvgIpc) is 3.25. The van der Waals surface area contributed by atoms with Crippen LogP contribution in [-0.4, -0.2) is 34.9 Å². The third-order valence-corrected chi connectivity index (χ3v) is 5.71. The summed E-state index contributed by atoms with van der Waals surface area (Å²) in [5.74, 6) is 0.543. The van der Waals surface area contributed by atoms with E-state index in [1.54, 1.807) is 19.4 Å². The van der Waals surface area contributed by atoms with Gasteiger partial charge in [-0.1, -0.05) is 11.6 Å². The second kappa shape index (κ2) is 8.48. The van der Waals surface area contributed by atoms with Crippen LogP contribution in [-0.2, 0) is 24.1 Å². The number of methoxy groups -OCH3 is 1. The van der Waals surface area contributed by atoms with Crippen molar-refractivity contribution in [2.75, 3.05) is 7.11 Å². The summed E-state index contributed by atoms with van der Waals surface area (Å²) >= 11 is 6.30. The lowest BCUT2D eigenvalue weighted by Gasteiger charge is -2.16. The van der Waals surface area contributed by atoms with Crippen molar-refractivity contribution in [3.63, 3.8) is 0 Å². The van der Waals surface area contributed by atoms with Gasteiger partial charge in [0, 0.05) is 35.3 Å². The van der Waals surface area contributed by atoms with Crippen molar-refractivity contribution >= 4 is 28.6 Å². The molecule has 3 aromatic rings. The van der Waals surface area contributed by atoms with Crippen LogP contribution < -0.4 is 10.1 Å². The smallest absolute Gasteiger partial charge is 0.407 e. The molecule has 0 saturated carbocycles. The number of halogens is 1. The zero-order valence-electron chi connectivity index (χ0n) is 17.6. The Hall–Kier alpha value is -3.24. The molecule has 2 aromatic heterocycles. The van der Waals surface area contributed by atoms with Crippen molar-refractivity contribution in [1.29, 1.82) is 5.26 Å². The fourth-order valence-electron chi connectivity index (χ4n) is 4.20. The van der Waals surface area contributed by atoms with Crippen LogP contribution in [0.2, 0.25) is 5.02 Å². The summed E-state index contributed by atoms with van der Waals surface area (Å²) in [7, 11) is 1.57. The van der Waals surface area contributed by atoms with Gasteiger partial charge in [0.05, 0.1) is 36.4 Å². The fourth-order valence-corrected chi connectivity index (χ4v) is 4.44. The fraction of sp³-hybridized carbons (Fsp3) is 0.348. The monoisotopic (exact) mass is 438 g/mol. The Morgan fingerprint density at radius 2 is 2.19 bits per heavy atom. The minimum atomic E-state index is -0.420. The Bertz CT molecular complexity index is 1200. The van der Waals surface area contributed by atoms with E-state index in [1.807, 2.05) is 32.0 Å². The number of carbonyl (C=O) groups is 1. The van der Waals surface area contributed by atoms with Crippen LogP contribution in [0.15, 0.2) is 30.5 Å². The lowest BCUT2D eigenvalue weighted by atomic mass is 10.1. The Morgan fingerprint density at radius 1 is 1.39 bits per heavy atom. The van der Waals surface area contributed by atoms with Crippen molar-refractivity contribution in [3.8, 4) is 11.8 Å². The largest absolute Gasteiger partial charge is 0.493 e. The SMILES string of the molecule is COc1c(Cl)ccnc1Cn1c2c(c3cc(C#N)ccc31)C[C@H](NC(=O)OC(C)C)C2. The molecule has 1 aliphatic rings. The summed E-state index contributed by atoms with van der Waals surface area (Å²) < 4.78 is 12.9. The number of amides is 1. The molecule has 1 aliphatic carbocycles. The molecule has 0 saturated heterocycles. The standard InChI is InChI=1S/C23H23ClN4O3/c1-13(2)31-23(29)27-15-9-17-16-8-14(11-25)4-5-20(16)28(21(17)10-15)12-19-22(30-3)18(24)6-7-26-19/h4-8,13,15H,9-10,12H2,1-3H3,(H,27,29)/t15-/m0/s1. The number of fused-ring (bicyclic) bond motifs is 3. The number of nitrogens with zero attached hydrogens (tertiary/aromatic N) is 3. The molecule has 4 rings (SSSR count). The molecule has 0 unspecified atom stereocenters. The predicted octanol–water partition coefficient (Wildman–Crippen LogP) is 4.22. The van der Waals surface area contributed by atoms with Gasteiger partial charge in [-0.25, -0.2) is 4.79 Å². The lowest BCUT2D eigenvalue weighted by molar-refractivity contribution is 0.112. The normalized spacial score (nSPS) is 15.0. The summed E-state index contributed by atoms with van der Waals surface area (Å²) in [4.78, 5) is 16.6. The van der Waals surface area contributed by atoms with E-state index in [-0.39, 0.29) is 12.1 Å². The number of ether oxygens (including phenoxy) is 2. The maximum atomic E-state index is 12.1. The number of nitrogens with one attached hydrogen (secondary N) is 1. The van der Waals surface area contributed by atoms with Gasteiger partial charge in [0.2, 0.25) is 0 Å². The third kappa shape index (κ3) is 4.04. The van der Waals surface area contributed by atoms with E-state index < -0.39 is 6.09 Å². The minimum Gasteiger partial charge on any atom is -0.493 e. The average molecular weight is 439 g/mol. The quantitative estimate of drug-likeness (QED) is 0.644. The number of benzene rings is 1. The van der Waals surface area contributed by atoms with Gasteiger partial charge in [-0.05, 0) is 50.1 Å². The Morgan fingerprint density at radius 3 is 2.90 bits per heavy atom. The van der Waals surface area contributed by atoms with Crippen LogP contribution in [0.5, 0.6) is 5.75 Å².